The van der Waals surface area contributed by atoms with Crippen LogP contribution in [0.4, 0.5) is 0 Å². The molecule has 3 rings (SSSR count). The monoisotopic (exact) mass is 480 g/mol. The van der Waals surface area contributed by atoms with Crippen molar-refractivity contribution < 1.29 is 13.2 Å². The minimum absolute atomic E-state index is 0.00670. The maximum Gasteiger partial charge on any atom is 0.244 e. The predicted octanol–water partition coefficient (Wildman–Crippen LogP) is 4.99. The van der Waals surface area contributed by atoms with Gasteiger partial charge >= 0.3 is 0 Å². The second kappa shape index (κ2) is 8.90. The van der Waals surface area contributed by atoms with E-state index in [2.05, 4.69) is 5.32 Å². The lowest BCUT2D eigenvalue weighted by atomic mass is 9.97. The first-order valence-electron chi connectivity index (χ1n) is 8.69. The summed E-state index contributed by atoms with van der Waals surface area (Å²) in [6.45, 7) is 2.41. The molecule has 0 radical (unpaired) electrons. The van der Waals surface area contributed by atoms with Gasteiger partial charge < -0.3 is 5.32 Å². The summed E-state index contributed by atoms with van der Waals surface area (Å²) in [6, 6.07) is 7.91. The lowest BCUT2D eigenvalue weighted by molar-refractivity contribution is -0.126. The van der Waals surface area contributed by atoms with E-state index in [0.717, 1.165) is 4.88 Å². The molecule has 0 saturated carbocycles. The Balaban J connectivity index is 1.62. The van der Waals surface area contributed by atoms with Crippen molar-refractivity contribution >= 4 is 62.1 Å². The minimum Gasteiger partial charge on any atom is -0.349 e. The highest BCUT2D eigenvalue weighted by Gasteiger charge is 2.33. The number of sulfonamides is 1. The molecule has 1 aliphatic heterocycles. The molecule has 152 valence electrons. The molecule has 1 aromatic heterocycles. The van der Waals surface area contributed by atoms with Crippen molar-refractivity contribution in [1.29, 1.82) is 0 Å². The summed E-state index contributed by atoms with van der Waals surface area (Å²) >= 11 is 19.4. The number of carbonyl (C=O) groups is 1. The van der Waals surface area contributed by atoms with Crippen molar-refractivity contribution in [2.75, 3.05) is 13.1 Å². The average molecular weight is 482 g/mol. The van der Waals surface area contributed by atoms with Crippen LogP contribution < -0.4 is 5.32 Å². The SMILES string of the molecule is CC(NC(=O)C1CCN(S(=O)(=O)c2cc(Cl)ccc2Cl)CC1)c1ccc(Cl)s1. The van der Waals surface area contributed by atoms with E-state index in [1.54, 1.807) is 12.1 Å². The van der Waals surface area contributed by atoms with E-state index in [9.17, 15) is 13.2 Å². The fraction of sp³-hybridized carbons (Fsp3) is 0.389. The first-order chi connectivity index (χ1) is 13.2. The standard InChI is InChI=1S/C18H19Cl3N2O3S2/c1-11(15-4-5-17(21)27-15)22-18(24)12-6-8-23(9-7-12)28(25,26)16-10-13(19)2-3-14(16)20/h2-5,10-12H,6-9H2,1H3,(H,22,24). The number of nitrogens with zero attached hydrogens (tertiary/aromatic N) is 1. The molecule has 5 nitrogen and oxygen atoms in total. The van der Waals surface area contributed by atoms with Gasteiger partial charge in [0.15, 0.2) is 0 Å². The largest absolute Gasteiger partial charge is 0.349 e. The Morgan fingerprint density at radius 1 is 1.18 bits per heavy atom. The summed E-state index contributed by atoms with van der Waals surface area (Å²) in [7, 11) is -3.76. The van der Waals surface area contributed by atoms with Gasteiger partial charge in [-0.15, -0.1) is 11.3 Å². The van der Waals surface area contributed by atoms with Gasteiger partial charge in [-0.25, -0.2) is 8.42 Å². The zero-order valence-corrected chi connectivity index (χ0v) is 18.9. The molecule has 1 aliphatic rings. The Hall–Kier alpha value is -0.830. The molecule has 2 heterocycles. The average Bonchev–Trinajstić information content (AvgIpc) is 3.10. The van der Waals surface area contributed by atoms with Crippen LogP contribution in [0.25, 0.3) is 0 Å². The van der Waals surface area contributed by atoms with E-state index >= 15 is 0 Å². The van der Waals surface area contributed by atoms with E-state index in [4.69, 9.17) is 34.8 Å². The summed E-state index contributed by atoms with van der Waals surface area (Å²) in [6.07, 6.45) is 0.891. The summed E-state index contributed by atoms with van der Waals surface area (Å²) in [4.78, 5) is 13.5. The van der Waals surface area contributed by atoms with Crippen LogP contribution in [-0.4, -0.2) is 31.7 Å². The van der Waals surface area contributed by atoms with Crippen molar-refractivity contribution in [2.24, 2.45) is 5.92 Å². The molecule has 0 bridgehead atoms. The first-order valence-corrected chi connectivity index (χ1v) is 12.1. The molecular weight excluding hydrogens is 463 g/mol. The second-order valence-electron chi connectivity index (χ2n) is 6.63. The Labute approximate surface area is 183 Å². The summed E-state index contributed by atoms with van der Waals surface area (Å²) in [5.74, 6) is -0.311. The quantitative estimate of drug-likeness (QED) is 0.654. The van der Waals surface area contributed by atoms with Gasteiger partial charge in [0, 0.05) is 28.9 Å². The third kappa shape index (κ3) is 4.83. The van der Waals surface area contributed by atoms with Crippen molar-refractivity contribution in [3.8, 4) is 0 Å². The predicted molar refractivity (Wildman–Crippen MR) is 114 cm³/mol. The number of piperidine rings is 1. The number of rotatable bonds is 5. The number of nitrogens with one attached hydrogen (secondary N) is 1. The summed E-state index contributed by atoms with van der Waals surface area (Å²) in [5, 5.41) is 3.42. The molecule has 10 heteroatoms. The normalized spacial score (nSPS) is 17.4. The number of hydrogen-bond acceptors (Lipinski definition) is 4. The topological polar surface area (TPSA) is 66.5 Å². The van der Waals surface area contributed by atoms with Gasteiger partial charge in [-0.05, 0) is 50.1 Å². The van der Waals surface area contributed by atoms with E-state index in [1.165, 1.54) is 27.8 Å². The van der Waals surface area contributed by atoms with Gasteiger partial charge in [-0.1, -0.05) is 34.8 Å². The molecule has 28 heavy (non-hydrogen) atoms. The van der Waals surface area contributed by atoms with Gasteiger partial charge in [-0.2, -0.15) is 4.31 Å². The van der Waals surface area contributed by atoms with E-state index in [0.29, 0.717) is 22.2 Å². The van der Waals surface area contributed by atoms with Gasteiger partial charge in [0.25, 0.3) is 0 Å². The van der Waals surface area contributed by atoms with Crippen molar-refractivity contribution in [1.82, 2.24) is 9.62 Å². The van der Waals surface area contributed by atoms with Gasteiger partial charge in [0.2, 0.25) is 15.9 Å². The molecule has 1 aromatic carbocycles. The van der Waals surface area contributed by atoms with Gasteiger partial charge in [0.1, 0.15) is 4.90 Å². The van der Waals surface area contributed by atoms with Crippen LogP contribution in [0.1, 0.15) is 30.7 Å². The number of benzene rings is 1. The second-order valence-corrected chi connectivity index (χ2v) is 11.1. The van der Waals surface area contributed by atoms with E-state index in [1.807, 2.05) is 13.0 Å². The Kier molecular flexibility index (Phi) is 6.95. The number of amides is 1. The molecule has 1 N–H and O–H groups in total. The molecule has 0 aliphatic carbocycles. The van der Waals surface area contributed by atoms with Crippen LogP contribution in [0.3, 0.4) is 0 Å². The smallest absolute Gasteiger partial charge is 0.244 e. The third-order valence-corrected chi connectivity index (χ3v) is 8.74. The van der Waals surface area contributed by atoms with Gasteiger partial charge in [-0.3, -0.25) is 4.79 Å². The highest BCUT2D eigenvalue weighted by molar-refractivity contribution is 7.89. The Bertz CT molecular complexity index is 970. The molecule has 2 aromatic rings. The van der Waals surface area contributed by atoms with Crippen molar-refractivity contribution in [3.63, 3.8) is 0 Å². The Morgan fingerprint density at radius 2 is 1.86 bits per heavy atom. The Morgan fingerprint density at radius 3 is 2.46 bits per heavy atom. The zero-order chi connectivity index (χ0) is 20.5. The first kappa shape index (κ1) is 21.9. The lowest BCUT2D eigenvalue weighted by Gasteiger charge is -2.31. The van der Waals surface area contributed by atoms with Crippen LogP contribution in [0.2, 0.25) is 14.4 Å². The van der Waals surface area contributed by atoms with Gasteiger partial charge in [0.05, 0.1) is 15.4 Å². The molecule has 1 amide bonds. The number of hydrogen-bond donors (Lipinski definition) is 1. The fourth-order valence-electron chi connectivity index (χ4n) is 3.14. The maximum absolute atomic E-state index is 12.9. The fourth-order valence-corrected chi connectivity index (χ4v) is 6.41. The van der Waals surface area contributed by atoms with Crippen molar-refractivity contribution in [2.45, 2.75) is 30.7 Å². The zero-order valence-electron chi connectivity index (χ0n) is 15.0. The summed E-state index contributed by atoms with van der Waals surface area (Å²) < 4.78 is 27.8. The minimum atomic E-state index is -3.76. The van der Waals surface area contributed by atoms with Crippen LogP contribution in [0.15, 0.2) is 35.2 Å². The highest BCUT2D eigenvalue weighted by Crippen LogP contribution is 2.31. The number of carbonyl (C=O) groups excluding carboxylic acids is 1. The molecule has 1 saturated heterocycles. The summed E-state index contributed by atoms with van der Waals surface area (Å²) in [5.41, 5.74) is 0. The van der Waals surface area contributed by atoms with Crippen LogP contribution in [0.5, 0.6) is 0 Å². The van der Waals surface area contributed by atoms with Crippen LogP contribution in [0, 0.1) is 5.92 Å². The molecule has 1 fully saturated rings. The highest BCUT2D eigenvalue weighted by atomic mass is 35.5. The van der Waals surface area contributed by atoms with E-state index in [-0.39, 0.29) is 40.9 Å². The van der Waals surface area contributed by atoms with Crippen LogP contribution >= 0.6 is 46.1 Å². The third-order valence-electron chi connectivity index (χ3n) is 4.72. The lowest BCUT2D eigenvalue weighted by Crippen LogP contribution is -2.43. The molecule has 1 atom stereocenters. The molecule has 1 unspecified atom stereocenters. The van der Waals surface area contributed by atoms with E-state index < -0.39 is 10.0 Å². The molecule has 0 spiro atoms. The number of thiophene rings is 1. The maximum atomic E-state index is 12.9. The van der Waals surface area contributed by atoms with Crippen LogP contribution in [-0.2, 0) is 14.8 Å². The molecular formula is C18H19Cl3N2O3S2. The van der Waals surface area contributed by atoms with Crippen molar-refractivity contribution in [3.05, 3.63) is 49.6 Å². The number of halogens is 3.